The van der Waals surface area contributed by atoms with E-state index in [4.69, 9.17) is 0 Å². The Kier molecular flexibility index (Phi) is 5.19. The van der Waals surface area contributed by atoms with Crippen molar-refractivity contribution in [1.29, 1.82) is 0 Å². The molecular weight excluding hydrogens is 342 g/mol. The number of carbonyl (C=O) groups excluding carboxylic acids is 2. The van der Waals surface area contributed by atoms with Gasteiger partial charge in [-0.2, -0.15) is 0 Å². The van der Waals surface area contributed by atoms with Crippen molar-refractivity contribution in [3.63, 3.8) is 0 Å². The lowest BCUT2D eigenvalue weighted by Gasteiger charge is -2.41. The van der Waals surface area contributed by atoms with Crippen molar-refractivity contribution in [2.75, 3.05) is 44.2 Å². The van der Waals surface area contributed by atoms with E-state index in [1.165, 1.54) is 12.8 Å². The van der Waals surface area contributed by atoms with Crippen LogP contribution in [0.3, 0.4) is 0 Å². The summed E-state index contributed by atoms with van der Waals surface area (Å²) in [5.74, 6) is 0.0700. The molecule has 3 aliphatic rings. The summed E-state index contributed by atoms with van der Waals surface area (Å²) in [6, 6.07) is 7.36. The van der Waals surface area contributed by atoms with Crippen molar-refractivity contribution in [1.82, 2.24) is 9.80 Å². The van der Waals surface area contributed by atoms with E-state index in [0.29, 0.717) is 31.6 Å². The highest BCUT2D eigenvalue weighted by atomic mass is 16.3. The Labute approximate surface area is 160 Å². The summed E-state index contributed by atoms with van der Waals surface area (Å²) in [5, 5.41) is 11.1. The zero-order valence-electron chi connectivity index (χ0n) is 15.9. The van der Waals surface area contributed by atoms with Crippen LogP contribution in [0.4, 0.5) is 5.69 Å². The number of likely N-dealkylation sites (tertiary alicyclic amines) is 2. The van der Waals surface area contributed by atoms with Gasteiger partial charge in [0, 0.05) is 37.3 Å². The summed E-state index contributed by atoms with van der Waals surface area (Å²) in [7, 11) is 0. The van der Waals surface area contributed by atoms with E-state index in [-0.39, 0.29) is 11.8 Å². The van der Waals surface area contributed by atoms with Crippen LogP contribution in [-0.2, 0) is 4.79 Å². The highest BCUT2D eigenvalue weighted by Crippen LogP contribution is 2.27. The Bertz CT molecular complexity index is 716. The van der Waals surface area contributed by atoms with Crippen LogP contribution in [0.15, 0.2) is 24.3 Å². The van der Waals surface area contributed by atoms with E-state index < -0.39 is 5.60 Å². The van der Waals surface area contributed by atoms with Gasteiger partial charge in [0.2, 0.25) is 5.91 Å². The fourth-order valence-electron chi connectivity index (χ4n) is 4.68. The maximum atomic E-state index is 13.1. The van der Waals surface area contributed by atoms with Gasteiger partial charge >= 0.3 is 0 Å². The van der Waals surface area contributed by atoms with E-state index in [2.05, 4.69) is 4.90 Å². The number of piperidine rings is 1. The summed E-state index contributed by atoms with van der Waals surface area (Å²) in [5.41, 5.74) is 0.575. The van der Waals surface area contributed by atoms with Crippen LogP contribution < -0.4 is 4.90 Å². The topological polar surface area (TPSA) is 64.1 Å². The minimum atomic E-state index is -0.819. The first-order chi connectivity index (χ1) is 13.0. The highest BCUT2D eigenvalue weighted by Gasteiger charge is 2.37. The zero-order valence-corrected chi connectivity index (χ0v) is 15.9. The van der Waals surface area contributed by atoms with Crippen molar-refractivity contribution < 1.29 is 14.7 Å². The molecule has 146 valence electrons. The third kappa shape index (κ3) is 4.01. The first kappa shape index (κ1) is 18.4. The summed E-state index contributed by atoms with van der Waals surface area (Å²) in [6.07, 6.45) is 5.40. The molecule has 1 atom stereocenters. The van der Waals surface area contributed by atoms with Gasteiger partial charge in [-0.25, -0.2) is 0 Å². The quantitative estimate of drug-likeness (QED) is 0.878. The van der Waals surface area contributed by atoms with Crippen molar-refractivity contribution in [3.8, 4) is 0 Å². The van der Waals surface area contributed by atoms with Crippen molar-refractivity contribution >= 4 is 17.5 Å². The first-order valence-electron chi connectivity index (χ1n) is 10.2. The molecule has 2 amide bonds. The van der Waals surface area contributed by atoms with E-state index in [0.717, 1.165) is 44.6 Å². The predicted octanol–water partition coefficient (Wildman–Crippen LogP) is 1.88. The van der Waals surface area contributed by atoms with E-state index >= 15 is 0 Å². The summed E-state index contributed by atoms with van der Waals surface area (Å²) < 4.78 is 0. The second-order valence-electron chi connectivity index (χ2n) is 8.24. The molecule has 0 aromatic heterocycles. The number of hydrogen-bond acceptors (Lipinski definition) is 4. The molecular formula is C21H29N3O3. The van der Waals surface area contributed by atoms with Crippen LogP contribution in [0.1, 0.15) is 48.9 Å². The Morgan fingerprint density at radius 1 is 1.07 bits per heavy atom. The third-order valence-corrected chi connectivity index (χ3v) is 6.04. The average molecular weight is 371 g/mol. The van der Waals surface area contributed by atoms with Gasteiger partial charge in [0.1, 0.15) is 0 Å². The molecule has 3 heterocycles. The molecule has 0 bridgehead atoms. The van der Waals surface area contributed by atoms with Crippen molar-refractivity contribution in [3.05, 3.63) is 29.8 Å². The van der Waals surface area contributed by atoms with Crippen LogP contribution in [-0.4, -0.2) is 71.6 Å². The number of β-amino-alcohol motifs (C(OH)–C–C–N with tert-alkyl or cyclic N) is 1. The monoisotopic (exact) mass is 371 g/mol. The molecule has 1 aromatic rings. The molecule has 27 heavy (non-hydrogen) atoms. The van der Waals surface area contributed by atoms with Crippen LogP contribution in [0.5, 0.6) is 0 Å². The third-order valence-electron chi connectivity index (χ3n) is 6.04. The van der Waals surface area contributed by atoms with Gasteiger partial charge in [0.15, 0.2) is 0 Å². The van der Waals surface area contributed by atoms with Crippen LogP contribution in [0.25, 0.3) is 0 Å². The molecule has 0 saturated carbocycles. The number of nitrogens with zero attached hydrogens (tertiary/aromatic N) is 3. The number of benzene rings is 1. The van der Waals surface area contributed by atoms with Gasteiger partial charge in [0.05, 0.1) is 12.1 Å². The average Bonchev–Trinajstić information content (AvgIpc) is 3.32. The molecule has 0 spiro atoms. The lowest BCUT2D eigenvalue weighted by Crippen LogP contribution is -2.55. The minimum Gasteiger partial charge on any atom is -0.387 e. The van der Waals surface area contributed by atoms with E-state index in [1.807, 2.05) is 18.2 Å². The lowest BCUT2D eigenvalue weighted by atomic mass is 9.91. The smallest absolute Gasteiger partial charge is 0.254 e. The van der Waals surface area contributed by atoms with Gasteiger partial charge in [-0.3, -0.25) is 9.59 Å². The van der Waals surface area contributed by atoms with Crippen molar-refractivity contribution in [2.45, 2.75) is 44.1 Å². The second kappa shape index (κ2) is 7.60. The molecule has 1 aromatic carbocycles. The van der Waals surface area contributed by atoms with Crippen LogP contribution in [0, 0.1) is 0 Å². The number of amides is 2. The maximum Gasteiger partial charge on any atom is 0.254 e. The molecule has 1 N–H and O–H groups in total. The van der Waals surface area contributed by atoms with Gasteiger partial charge in [-0.1, -0.05) is 6.07 Å². The number of anilines is 1. The van der Waals surface area contributed by atoms with Crippen LogP contribution >= 0.6 is 0 Å². The SMILES string of the molecule is O=C(c1cccc(N2CCCC2=O)c1)N1CCC[C@@](O)(CN2CCCC2)C1. The Hall–Kier alpha value is -1.92. The van der Waals surface area contributed by atoms with Gasteiger partial charge < -0.3 is 19.8 Å². The maximum absolute atomic E-state index is 13.1. The molecule has 4 rings (SSSR count). The molecule has 6 nitrogen and oxygen atoms in total. The van der Waals surface area contributed by atoms with Crippen molar-refractivity contribution in [2.24, 2.45) is 0 Å². The molecule has 0 radical (unpaired) electrons. The number of aliphatic hydroxyl groups is 1. The van der Waals surface area contributed by atoms with E-state index in [9.17, 15) is 14.7 Å². The zero-order chi connectivity index (χ0) is 18.9. The largest absolute Gasteiger partial charge is 0.387 e. The minimum absolute atomic E-state index is 0.0527. The first-order valence-corrected chi connectivity index (χ1v) is 10.2. The number of hydrogen-bond donors (Lipinski definition) is 1. The lowest BCUT2D eigenvalue weighted by molar-refractivity contribution is -0.117. The van der Waals surface area contributed by atoms with Gasteiger partial charge in [-0.05, 0) is 63.4 Å². The van der Waals surface area contributed by atoms with E-state index in [1.54, 1.807) is 15.9 Å². The Morgan fingerprint density at radius 3 is 2.63 bits per heavy atom. The predicted molar refractivity (Wildman–Crippen MR) is 104 cm³/mol. The summed E-state index contributed by atoms with van der Waals surface area (Å²) in [6.45, 7) is 4.52. The standard InChI is InChI=1S/C21H29N3O3/c25-19-8-4-13-24(19)18-7-3-6-17(14-18)20(26)23-12-5-9-21(27,16-23)15-22-10-1-2-11-22/h3,6-7,14,27H,1-2,4-5,8-13,15-16H2/t21-/m1/s1. The Morgan fingerprint density at radius 2 is 1.89 bits per heavy atom. The summed E-state index contributed by atoms with van der Waals surface area (Å²) in [4.78, 5) is 30.9. The van der Waals surface area contributed by atoms with Gasteiger partial charge in [0.25, 0.3) is 5.91 Å². The molecule has 3 aliphatic heterocycles. The molecule has 6 heteroatoms. The van der Waals surface area contributed by atoms with Crippen LogP contribution in [0.2, 0.25) is 0 Å². The molecule has 3 fully saturated rings. The Balaban J connectivity index is 1.46. The number of carbonyl (C=O) groups is 2. The fraction of sp³-hybridized carbons (Fsp3) is 0.619. The second-order valence-corrected chi connectivity index (χ2v) is 8.24. The molecule has 3 saturated heterocycles. The number of rotatable bonds is 4. The molecule has 0 aliphatic carbocycles. The highest BCUT2D eigenvalue weighted by molar-refractivity contribution is 5.99. The normalized spacial score (nSPS) is 26.8. The summed E-state index contributed by atoms with van der Waals surface area (Å²) >= 11 is 0. The van der Waals surface area contributed by atoms with Gasteiger partial charge in [-0.15, -0.1) is 0 Å². The fourth-order valence-corrected chi connectivity index (χ4v) is 4.68. The molecule has 0 unspecified atom stereocenters.